The van der Waals surface area contributed by atoms with Crippen LogP contribution in [0.3, 0.4) is 0 Å². The molecule has 0 saturated carbocycles. The van der Waals surface area contributed by atoms with E-state index in [1.807, 2.05) is 43.5 Å². The lowest BCUT2D eigenvalue weighted by Crippen LogP contribution is -2.27. The van der Waals surface area contributed by atoms with Crippen LogP contribution in [0.15, 0.2) is 36.5 Å². The third kappa shape index (κ3) is 3.82. The molecule has 0 spiro atoms. The van der Waals surface area contributed by atoms with Gasteiger partial charge < -0.3 is 15.0 Å². The van der Waals surface area contributed by atoms with Crippen molar-refractivity contribution in [3.8, 4) is 11.4 Å². The van der Waals surface area contributed by atoms with E-state index in [2.05, 4.69) is 15.5 Å². The molecule has 0 radical (unpaired) electrons. The number of H-pyrrole nitrogens is 1. The van der Waals surface area contributed by atoms with E-state index in [9.17, 15) is 14.7 Å². The van der Waals surface area contributed by atoms with E-state index in [0.29, 0.717) is 22.4 Å². The van der Waals surface area contributed by atoms with Crippen LogP contribution in [0, 0.1) is 5.41 Å². The van der Waals surface area contributed by atoms with E-state index in [1.165, 1.54) is 7.05 Å². The number of carboxylic acid groups (broad SMARTS) is 1. The van der Waals surface area contributed by atoms with Gasteiger partial charge in [0.2, 0.25) is 0 Å². The molecule has 4 aromatic rings. The van der Waals surface area contributed by atoms with Crippen molar-refractivity contribution in [1.29, 1.82) is 0 Å². The minimum Gasteiger partial charge on any atom is -0.481 e. The molecule has 1 atom stereocenters. The van der Waals surface area contributed by atoms with Crippen molar-refractivity contribution in [2.45, 2.75) is 33.2 Å². The van der Waals surface area contributed by atoms with Crippen LogP contribution in [0.5, 0.6) is 0 Å². The maximum atomic E-state index is 12.3. The molecule has 4 rings (SSSR count). The SMILES string of the molecule is CNC(=O)c1cc2nc(-c3ccc4cn[nH]c4c3)n([C@H](CC(=O)O)C(C)(C)C)c2cc1Cl. The first kappa shape index (κ1) is 21.8. The molecule has 9 heteroatoms. The Morgan fingerprint density at radius 2 is 2.00 bits per heavy atom. The van der Waals surface area contributed by atoms with Crippen LogP contribution in [-0.2, 0) is 4.79 Å². The second-order valence-corrected chi connectivity index (χ2v) is 9.26. The Kier molecular flexibility index (Phi) is 5.42. The van der Waals surface area contributed by atoms with Gasteiger partial charge in [-0.05, 0) is 23.6 Å². The molecular weight excluding hydrogens is 430 g/mol. The van der Waals surface area contributed by atoms with Crippen molar-refractivity contribution in [2.24, 2.45) is 5.41 Å². The van der Waals surface area contributed by atoms with Crippen LogP contribution < -0.4 is 5.32 Å². The molecular formula is C23H24ClN5O3. The van der Waals surface area contributed by atoms with Crippen LogP contribution in [0.1, 0.15) is 43.6 Å². The Morgan fingerprint density at radius 3 is 2.66 bits per heavy atom. The van der Waals surface area contributed by atoms with E-state index in [4.69, 9.17) is 16.6 Å². The molecule has 0 saturated heterocycles. The number of carboxylic acids is 1. The lowest BCUT2D eigenvalue weighted by molar-refractivity contribution is -0.138. The fourth-order valence-electron chi connectivity index (χ4n) is 3.97. The summed E-state index contributed by atoms with van der Waals surface area (Å²) in [6.07, 6.45) is 1.64. The van der Waals surface area contributed by atoms with Crippen molar-refractivity contribution in [2.75, 3.05) is 7.05 Å². The zero-order valence-corrected chi connectivity index (χ0v) is 19.0. The number of amides is 1. The predicted octanol–water partition coefficient (Wildman–Crippen LogP) is 4.65. The van der Waals surface area contributed by atoms with E-state index in [1.54, 1.807) is 18.3 Å². The molecule has 8 nitrogen and oxygen atoms in total. The Balaban J connectivity index is 2.05. The highest BCUT2D eigenvalue weighted by Gasteiger charge is 2.33. The van der Waals surface area contributed by atoms with Crippen LogP contribution in [0.4, 0.5) is 0 Å². The molecule has 2 aromatic carbocycles. The quantitative estimate of drug-likeness (QED) is 0.407. The van der Waals surface area contributed by atoms with Crippen LogP contribution >= 0.6 is 11.6 Å². The van der Waals surface area contributed by atoms with Gasteiger partial charge in [-0.2, -0.15) is 5.10 Å². The average Bonchev–Trinajstić information content (AvgIpc) is 3.33. The van der Waals surface area contributed by atoms with Crippen LogP contribution in [0.25, 0.3) is 33.3 Å². The highest BCUT2D eigenvalue weighted by Crippen LogP contribution is 2.41. The molecule has 0 unspecified atom stereocenters. The Labute approximate surface area is 189 Å². The van der Waals surface area contributed by atoms with E-state index >= 15 is 0 Å². The number of benzene rings is 2. The number of aromatic nitrogens is 4. The first-order valence-electron chi connectivity index (χ1n) is 10.2. The zero-order valence-electron chi connectivity index (χ0n) is 18.2. The van der Waals surface area contributed by atoms with Crippen LogP contribution in [-0.4, -0.2) is 43.8 Å². The van der Waals surface area contributed by atoms with Gasteiger partial charge in [-0.25, -0.2) is 4.98 Å². The van der Waals surface area contributed by atoms with Gasteiger partial charge in [-0.3, -0.25) is 14.7 Å². The summed E-state index contributed by atoms with van der Waals surface area (Å²) in [6.45, 7) is 5.98. The van der Waals surface area contributed by atoms with E-state index in [-0.39, 0.29) is 17.4 Å². The molecule has 1 amide bonds. The summed E-state index contributed by atoms with van der Waals surface area (Å²) in [7, 11) is 1.54. The van der Waals surface area contributed by atoms with E-state index < -0.39 is 17.4 Å². The summed E-state index contributed by atoms with van der Waals surface area (Å²) in [6, 6.07) is 8.71. The maximum Gasteiger partial charge on any atom is 0.305 e. The molecule has 3 N–H and O–H groups in total. The van der Waals surface area contributed by atoms with Gasteiger partial charge in [0.25, 0.3) is 5.91 Å². The highest BCUT2D eigenvalue weighted by molar-refractivity contribution is 6.34. The van der Waals surface area contributed by atoms with Gasteiger partial charge in [-0.15, -0.1) is 0 Å². The summed E-state index contributed by atoms with van der Waals surface area (Å²) in [5, 5.41) is 20.5. The summed E-state index contributed by atoms with van der Waals surface area (Å²) in [5.74, 6) is -0.623. The number of halogens is 1. The smallest absolute Gasteiger partial charge is 0.305 e. The third-order valence-electron chi connectivity index (χ3n) is 5.63. The number of rotatable bonds is 5. The maximum absolute atomic E-state index is 12.3. The molecule has 0 aliphatic heterocycles. The Bertz CT molecular complexity index is 1350. The molecule has 0 bridgehead atoms. The zero-order chi connectivity index (χ0) is 23.2. The number of aliphatic carboxylic acids is 1. The van der Waals surface area contributed by atoms with Gasteiger partial charge in [0.15, 0.2) is 0 Å². The molecule has 0 aliphatic carbocycles. The summed E-state index contributed by atoms with van der Waals surface area (Å²) in [5.41, 5.74) is 2.79. The number of imidazole rings is 1. The largest absolute Gasteiger partial charge is 0.481 e. The van der Waals surface area contributed by atoms with Crippen molar-refractivity contribution < 1.29 is 14.7 Å². The number of fused-ring (bicyclic) bond motifs is 2. The van der Waals surface area contributed by atoms with E-state index in [0.717, 1.165) is 16.5 Å². The number of nitrogens with zero attached hydrogens (tertiary/aromatic N) is 3. The van der Waals surface area contributed by atoms with Crippen molar-refractivity contribution in [3.05, 3.63) is 47.1 Å². The molecule has 0 aliphatic rings. The predicted molar refractivity (Wildman–Crippen MR) is 124 cm³/mol. The molecule has 166 valence electrons. The number of aromatic amines is 1. The molecule has 2 heterocycles. The molecule has 0 fully saturated rings. The summed E-state index contributed by atoms with van der Waals surface area (Å²) >= 11 is 6.46. The molecule has 32 heavy (non-hydrogen) atoms. The van der Waals surface area contributed by atoms with Gasteiger partial charge in [0, 0.05) is 18.0 Å². The van der Waals surface area contributed by atoms with Crippen molar-refractivity contribution in [1.82, 2.24) is 25.1 Å². The second-order valence-electron chi connectivity index (χ2n) is 8.86. The summed E-state index contributed by atoms with van der Waals surface area (Å²) in [4.78, 5) is 28.9. The van der Waals surface area contributed by atoms with Crippen molar-refractivity contribution in [3.63, 3.8) is 0 Å². The topological polar surface area (TPSA) is 113 Å². The third-order valence-corrected chi connectivity index (χ3v) is 5.94. The Morgan fingerprint density at radius 1 is 1.25 bits per heavy atom. The van der Waals surface area contributed by atoms with Gasteiger partial charge in [0.1, 0.15) is 5.82 Å². The number of hydrogen-bond acceptors (Lipinski definition) is 4. The average molecular weight is 454 g/mol. The summed E-state index contributed by atoms with van der Waals surface area (Å²) < 4.78 is 1.93. The minimum absolute atomic E-state index is 0.0942. The normalized spacial score (nSPS) is 12.9. The van der Waals surface area contributed by atoms with Gasteiger partial charge in [0.05, 0.1) is 45.8 Å². The lowest BCUT2D eigenvalue weighted by Gasteiger charge is -2.32. The minimum atomic E-state index is -0.908. The van der Waals surface area contributed by atoms with Gasteiger partial charge >= 0.3 is 5.97 Å². The first-order chi connectivity index (χ1) is 15.1. The molecule has 2 aromatic heterocycles. The number of carbonyl (C=O) groups is 2. The highest BCUT2D eigenvalue weighted by atomic mass is 35.5. The van der Waals surface area contributed by atoms with Crippen molar-refractivity contribution >= 4 is 45.4 Å². The van der Waals surface area contributed by atoms with Gasteiger partial charge in [-0.1, -0.05) is 44.5 Å². The second kappa shape index (κ2) is 7.94. The Hall–Kier alpha value is -3.39. The lowest BCUT2D eigenvalue weighted by atomic mass is 9.84. The number of hydrogen-bond donors (Lipinski definition) is 3. The first-order valence-corrected chi connectivity index (χ1v) is 10.6. The monoisotopic (exact) mass is 453 g/mol. The number of nitrogens with one attached hydrogen (secondary N) is 2. The standard InChI is InChI=1S/C23H24ClN5O3/c1-23(2,3)19(10-20(30)31)29-18-9-15(24)14(22(32)25-4)8-17(18)27-21(29)12-5-6-13-11-26-28-16(13)7-12/h5-9,11,19H,10H2,1-4H3,(H,25,32)(H,26,28)(H,30,31)/t19-/m1/s1. The fraction of sp³-hybridized carbons (Fsp3) is 0.304. The fourth-order valence-corrected chi connectivity index (χ4v) is 4.21. The number of carbonyl (C=O) groups excluding carboxylic acids is 1. The van der Waals surface area contributed by atoms with Crippen LogP contribution in [0.2, 0.25) is 5.02 Å².